The molecule has 0 saturated heterocycles. The summed E-state index contributed by atoms with van der Waals surface area (Å²) in [5, 5.41) is 3.74. The van der Waals surface area contributed by atoms with Crippen molar-refractivity contribution < 1.29 is 0 Å². The van der Waals surface area contributed by atoms with Gasteiger partial charge in [-0.25, -0.2) is 0 Å². The van der Waals surface area contributed by atoms with Gasteiger partial charge in [-0.05, 0) is 52.2 Å². The SMILES string of the molecule is C#CCCCC(NCC)C1(N(C)C)CCCC(C)C1. The van der Waals surface area contributed by atoms with E-state index in [2.05, 4.69) is 44.1 Å². The summed E-state index contributed by atoms with van der Waals surface area (Å²) < 4.78 is 0. The topological polar surface area (TPSA) is 15.3 Å². The van der Waals surface area contributed by atoms with E-state index in [1.807, 2.05) is 0 Å². The standard InChI is InChI=1S/C17H32N2/c1-6-8-9-12-16(18-7-2)17(19(4)5)13-10-11-15(3)14-17/h1,15-16,18H,7-14H2,2-5H3. The third-order valence-corrected chi connectivity index (χ3v) is 4.81. The summed E-state index contributed by atoms with van der Waals surface area (Å²) >= 11 is 0. The van der Waals surface area contributed by atoms with Crippen LogP contribution in [0, 0.1) is 18.3 Å². The van der Waals surface area contributed by atoms with Crippen LogP contribution >= 0.6 is 0 Å². The van der Waals surface area contributed by atoms with Gasteiger partial charge in [0.1, 0.15) is 0 Å². The van der Waals surface area contributed by atoms with Crippen LogP contribution < -0.4 is 5.32 Å². The monoisotopic (exact) mass is 264 g/mol. The van der Waals surface area contributed by atoms with Gasteiger partial charge in [0, 0.05) is 18.0 Å². The highest BCUT2D eigenvalue weighted by Crippen LogP contribution is 2.39. The molecule has 0 bridgehead atoms. The van der Waals surface area contributed by atoms with Crippen molar-refractivity contribution in [3.8, 4) is 12.3 Å². The number of hydrogen-bond donors (Lipinski definition) is 1. The van der Waals surface area contributed by atoms with Crippen LogP contribution in [0.15, 0.2) is 0 Å². The highest BCUT2D eigenvalue weighted by atomic mass is 15.2. The minimum absolute atomic E-state index is 0.322. The normalized spacial score (nSPS) is 29.2. The van der Waals surface area contributed by atoms with Gasteiger partial charge in [-0.2, -0.15) is 0 Å². The number of terminal acetylenes is 1. The Morgan fingerprint density at radius 1 is 1.47 bits per heavy atom. The molecular formula is C17H32N2. The largest absolute Gasteiger partial charge is 0.312 e. The summed E-state index contributed by atoms with van der Waals surface area (Å²) in [5.74, 6) is 3.62. The lowest BCUT2D eigenvalue weighted by Gasteiger charge is -2.50. The van der Waals surface area contributed by atoms with Crippen molar-refractivity contribution in [2.45, 2.75) is 70.4 Å². The number of rotatable bonds is 7. The molecule has 0 heterocycles. The van der Waals surface area contributed by atoms with E-state index in [1.165, 1.54) is 32.1 Å². The van der Waals surface area contributed by atoms with Crippen LogP contribution in [0.5, 0.6) is 0 Å². The fraction of sp³-hybridized carbons (Fsp3) is 0.882. The molecule has 1 fully saturated rings. The van der Waals surface area contributed by atoms with Gasteiger partial charge in [-0.3, -0.25) is 0 Å². The zero-order valence-corrected chi connectivity index (χ0v) is 13.3. The zero-order chi connectivity index (χ0) is 14.3. The molecule has 0 radical (unpaired) electrons. The maximum absolute atomic E-state index is 5.40. The third kappa shape index (κ3) is 4.23. The summed E-state index contributed by atoms with van der Waals surface area (Å²) in [6.07, 6.45) is 14.0. The Labute approximate surface area is 120 Å². The maximum atomic E-state index is 5.40. The van der Waals surface area contributed by atoms with Gasteiger partial charge in [0.15, 0.2) is 0 Å². The Kier molecular flexibility index (Phi) is 6.89. The summed E-state index contributed by atoms with van der Waals surface area (Å²) in [6, 6.07) is 0.573. The first-order valence-electron chi connectivity index (χ1n) is 7.91. The summed E-state index contributed by atoms with van der Waals surface area (Å²) in [7, 11) is 4.51. The number of nitrogens with one attached hydrogen (secondary N) is 1. The first-order chi connectivity index (χ1) is 9.06. The molecule has 0 aromatic carbocycles. The molecule has 2 nitrogen and oxygen atoms in total. The Morgan fingerprint density at radius 2 is 2.21 bits per heavy atom. The molecule has 0 aromatic rings. The fourth-order valence-electron chi connectivity index (χ4n) is 3.81. The van der Waals surface area contributed by atoms with Gasteiger partial charge in [-0.1, -0.05) is 26.7 Å². The van der Waals surface area contributed by atoms with Crippen LogP contribution in [0.1, 0.15) is 58.8 Å². The highest BCUT2D eigenvalue weighted by Gasteiger charge is 2.42. The quantitative estimate of drug-likeness (QED) is 0.561. The molecule has 1 rings (SSSR count). The Bertz CT molecular complexity index is 292. The predicted molar refractivity (Wildman–Crippen MR) is 84.2 cm³/mol. The van der Waals surface area contributed by atoms with E-state index in [1.54, 1.807) is 0 Å². The number of likely N-dealkylation sites (N-methyl/N-ethyl adjacent to an activating group) is 2. The molecule has 3 atom stereocenters. The fourth-order valence-corrected chi connectivity index (χ4v) is 3.81. The molecule has 3 unspecified atom stereocenters. The molecular weight excluding hydrogens is 232 g/mol. The molecule has 0 amide bonds. The van der Waals surface area contributed by atoms with Crippen molar-refractivity contribution in [3.05, 3.63) is 0 Å². The molecule has 0 aromatic heterocycles. The lowest BCUT2D eigenvalue weighted by Crippen LogP contribution is -2.60. The Hall–Kier alpha value is -0.520. The van der Waals surface area contributed by atoms with Crippen molar-refractivity contribution in [2.75, 3.05) is 20.6 Å². The smallest absolute Gasteiger partial charge is 0.0358 e. The van der Waals surface area contributed by atoms with Gasteiger partial charge in [0.25, 0.3) is 0 Å². The number of nitrogens with zero attached hydrogens (tertiary/aromatic N) is 1. The van der Waals surface area contributed by atoms with E-state index in [0.717, 1.165) is 25.3 Å². The van der Waals surface area contributed by atoms with Crippen LogP contribution in [0.4, 0.5) is 0 Å². The molecule has 0 aliphatic heterocycles. The van der Waals surface area contributed by atoms with Crippen molar-refractivity contribution in [1.29, 1.82) is 0 Å². The Balaban J connectivity index is 2.81. The van der Waals surface area contributed by atoms with Gasteiger partial charge in [0.05, 0.1) is 0 Å². The van der Waals surface area contributed by atoms with Crippen LogP contribution in [0.3, 0.4) is 0 Å². The van der Waals surface area contributed by atoms with E-state index in [4.69, 9.17) is 6.42 Å². The van der Waals surface area contributed by atoms with E-state index in [-0.39, 0.29) is 0 Å². The summed E-state index contributed by atoms with van der Waals surface area (Å²) in [5.41, 5.74) is 0.322. The van der Waals surface area contributed by atoms with E-state index in [0.29, 0.717) is 11.6 Å². The lowest BCUT2D eigenvalue weighted by atomic mass is 9.70. The average Bonchev–Trinajstić information content (AvgIpc) is 2.37. The molecule has 19 heavy (non-hydrogen) atoms. The van der Waals surface area contributed by atoms with Crippen LogP contribution in [0.25, 0.3) is 0 Å². The molecule has 2 heteroatoms. The maximum Gasteiger partial charge on any atom is 0.0358 e. The zero-order valence-electron chi connectivity index (χ0n) is 13.3. The molecule has 1 N–H and O–H groups in total. The molecule has 0 spiro atoms. The predicted octanol–water partition coefficient (Wildman–Crippen LogP) is 3.28. The average molecular weight is 264 g/mol. The molecule has 1 aliphatic rings. The van der Waals surface area contributed by atoms with E-state index in [9.17, 15) is 0 Å². The third-order valence-electron chi connectivity index (χ3n) is 4.81. The summed E-state index contributed by atoms with van der Waals surface area (Å²) in [6.45, 7) is 5.66. The van der Waals surface area contributed by atoms with Gasteiger partial charge in [-0.15, -0.1) is 12.3 Å². The molecule has 1 saturated carbocycles. The highest BCUT2D eigenvalue weighted by molar-refractivity contribution is 5.02. The van der Waals surface area contributed by atoms with Crippen LogP contribution in [-0.4, -0.2) is 37.1 Å². The number of hydrogen-bond acceptors (Lipinski definition) is 2. The lowest BCUT2D eigenvalue weighted by molar-refractivity contribution is 0.0343. The summed E-state index contributed by atoms with van der Waals surface area (Å²) in [4.78, 5) is 2.48. The minimum Gasteiger partial charge on any atom is -0.312 e. The van der Waals surface area contributed by atoms with Gasteiger partial charge < -0.3 is 10.2 Å². The van der Waals surface area contributed by atoms with Crippen LogP contribution in [-0.2, 0) is 0 Å². The van der Waals surface area contributed by atoms with Crippen molar-refractivity contribution in [2.24, 2.45) is 5.92 Å². The van der Waals surface area contributed by atoms with Crippen molar-refractivity contribution in [3.63, 3.8) is 0 Å². The van der Waals surface area contributed by atoms with E-state index < -0.39 is 0 Å². The van der Waals surface area contributed by atoms with Gasteiger partial charge >= 0.3 is 0 Å². The Morgan fingerprint density at radius 3 is 2.74 bits per heavy atom. The second kappa shape index (κ2) is 7.92. The molecule has 110 valence electrons. The minimum atomic E-state index is 0.322. The second-order valence-electron chi connectivity index (χ2n) is 6.41. The second-order valence-corrected chi connectivity index (χ2v) is 6.41. The number of unbranched alkanes of at least 4 members (excludes halogenated alkanes) is 1. The van der Waals surface area contributed by atoms with Crippen molar-refractivity contribution in [1.82, 2.24) is 10.2 Å². The van der Waals surface area contributed by atoms with E-state index >= 15 is 0 Å². The van der Waals surface area contributed by atoms with Crippen molar-refractivity contribution >= 4 is 0 Å². The van der Waals surface area contributed by atoms with Crippen LogP contribution in [0.2, 0.25) is 0 Å². The molecule has 1 aliphatic carbocycles. The first kappa shape index (κ1) is 16.5. The van der Waals surface area contributed by atoms with Gasteiger partial charge in [0.2, 0.25) is 0 Å². The first-order valence-corrected chi connectivity index (χ1v) is 7.91.